The molecule has 1 unspecified atom stereocenters. The molecule has 1 atom stereocenters. The Morgan fingerprint density at radius 3 is 2.57 bits per heavy atom. The Morgan fingerprint density at radius 2 is 2.07 bits per heavy atom. The number of hydrogen-bond acceptors (Lipinski definition) is 4. The molecule has 0 spiro atoms. The third kappa shape index (κ3) is 5.53. The van der Waals surface area contributed by atoms with Crippen LogP contribution in [0, 0.1) is 0 Å². The predicted molar refractivity (Wildman–Crippen MR) is 52.5 cm³/mol. The zero-order valence-corrected chi connectivity index (χ0v) is 8.71. The molecule has 0 rings (SSSR count). The van der Waals surface area contributed by atoms with Crippen molar-refractivity contribution in [2.75, 3.05) is 13.2 Å². The summed E-state index contributed by atoms with van der Waals surface area (Å²) in [5, 5.41) is 2.63. The molecule has 5 heteroatoms. The van der Waals surface area contributed by atoms with Gasteiger partial charge >= 0.3 is 5.97 Å². The minimum atomic E-state index is -0.855. The van der Waals surface area contributed by atoms with Gasteiger partial charge in [0, 0.05) is 6.54 Å². The standard InChI is InChI=1S/C9H18N2O3/c1-3-5-11-8(12)6-7(10)9(13)14-4-2/h7H,3-6,10H2,1-2H3,(H,11,12). The van der Waals surface area contributed by atoms with Gasteiger partial charge in [0.05, 0.1) is 13.0 Å². The average molecular weight is 202 g/mol. The highest BCUT2D eigenvalue weighted by molar-refractivity contribution is 5.85. The van der Waals surface area contributed by atoms with Gasteiger partial charge < -0.3 is 15.8 Å². The third-order valence-corrected chi connectivity index (χ3v) is 1.57. The van der Waals surface area contributed by atoms with Gasteiger partial charge in [-0.3, -0.25) is 9.59 Å². The fourth-order valence-corrected chi connectivity index (χ4v) is 0.869. The first-order valence-electron chi connectivity index (χ1n) is 4.80. The molecule has 0 saturated heterocycles. The van der Waals surface area contributed by atoms with E-state index in [0.29, 0.717) is 6.54 Å². The van der Waals surface area contributed by atoms with Crippen LogP contribution < -0.4 is 11.1 Å². The van der Waals surface area contributed by atoms with Crippen LogP contribution in [-0.2, 0) is 14.3 Å². The molecular weight excluding hydrogens is 184 g/mol. The van der Waals surface area contributed by atoms with Crippen molar-refractivity contribution in [3.63, 3.8) is 0 Å². The molecule has 5 nitrogen and oxygen atoms in total. The molecule has 82 valence electrons. The number of amides is 1. The van der Waals surface area contributed by atoms with E-state index in [1.165, 1.54) is 0 Å². The molecule has 0 radical (unpaired) electrons. The quantitative estimate of drug-likeness (QED) is 0.584. The highest BCUT2D eigenvalue weighted by Crippen LogP contribution is 1.92. The SMILES string of the molecule is CCCNC(=O)CC(N)C(=O)OCC. The van der Waals surface area contributed by atoms with Gasteiger partial charge in [-0.05, 0) is 13.3 Å². The second-order valence-electron chi connectivity index (χ2n) is 2.91. The van der Waals surface area contributed by atoms with Crippen LogP contribution in [0.25, 0.3) is 0 Å². The van der Waals surface area contributed by atoms with Gasteiger partial charge in [0.15, 0.2) is 0 Å². The number of carbonyl (C=O) groups is 2. The zero-order chi connectivity index (χ0) is 11.0. The summed E-state index contributed by atoms with van der Waals surface area (Å²) in [6, 6.07) is -0.855. The monoisotopic (exact) mass is 202 g/mol. The van der Waals surface area contributed by atoms with E-state index in [1.54, 1.807) is 6.92 Å². The topological polar surface area (TPSA) is 81.4 Å². The first kappa shape index (κ1) is 12.9. The van der Waals surface area contributed by atoms with Crippen molar-refractivity contribution >= 4 is 11.9 Å². The molecule has 0 aromatic rings. The summed E-state index contributed by atoms with van der Waals surface area (Å²) in [4.78, 5) is 22.1. The first-order chi connectivity index (χ1) is 6.61. The maximum Gasteiger partial charge on any atom is 0.323 e. The molecule has 1 amide bonds. The van der Waals surface area contributed by atoms with Crippen LogP contribution >= 0.6 is 0 Å². The fourth-order valence-electron chi connectivity index (χ4n) is 0.869. The molecule has 0 saturated carbocycles. The third-order valence-electron chi connectivity index (χ3n) is 1.57. The molecule has 0 bridgehead atoms. The van der Waals surface area contributed by atoms with E-state index in [-0.39, 0.29) is 18.9 Å². The van der Waals surface area contributed by atoms with E-state index >= 15 is 0 Å². The summed E-state index contributed by atoms with van der Waals surface area (Å²) in [6.07, 6.45) is 0.846. The van der Waals surface area contributed by atoms with Crippen molar-refractivity contribution in [2.24, 2.45) is 5.73 Å². The van der Waals surface area contributed by atoms with Gasteiger partial charge in [0.2, 0.25) is 5.91 Å². The second kappa shape index (κ2) is 7.32. The summed E-state index contributed by atoms with van der Waals surface area (Å²) in [7, 11) is 0. The lowest BCUT2D eigenvalue weighted by Gasteiger charge is -2.10. The molecule has 0 aromatic carbocycles. The Hall–Kier alpha value is -1.10. The molecule has 14 heavy (non-hydrogen) atoms. The lowest BCUT2D eigenvalue weighted by molar-refractivity contribution is -0.146. The Labute approximate surface area is 84.0 Å². The lowest BCUT2D eigenvalue weighted by Crippen LogP contribution is -2.38. The molecule has 0 aliphatic carbocycles. The highest BCUT2D eigenvalue weighted by atomic mass is 16.5. The maximum absolute atomic E-state index is 11.1. The number of hydrogen-bond donors (Lipinski definition) is 2. The minimum Gasteiger partial charge on any atom is -0.465 e. The van der Waals surface area contributed by atoms with Gasteiger partial charge in [0.1, 0.15) is 6.04 Å². The molecule has 0 fully saturated rings. The maximum atomic E-state index is 11.1. The van der Waals surface area contributed by atoms with Gasteiger partial charge in [-0.1, -0.05) is 6.92 Å². The Balaban J connectivity index is 3.75. The van der Waals surface area contributed by atoms with Crippen LogP contribution in [-0.4, -0.2) is 31.1 Å². The number of carbonyl (C=O) groups excluding carboxylic acids is 2. The van der Waals surface area contributed by atoms with Crippen molar-refractivity contribution in [1.29, 1.82) is 0 Å². The van der Waals surface area contributed by atoms with Crippen molar-refractivity contribution < 1.29 is 14.3 Å². The molecule has 0 aliphatic heterocycles. The van der Waals surface area contributed by atoms with Crippen molar-refractivity contribution in [3.8, 4) is 0 Å². The summed E-state index contributed by atoms with van der Waals surface area (Å²) in [5.74, 6) is -0.744. The van der Waals surface area contributed by atoms with Crippen LogP contribution in [0.1, 0.15) is 26.7 Å². The largest absolute Gasteiger partial charge is 0.465 e. The Morgan fingerprint density at radius 1 is 1.43 bits per heavy atom. The van der Waals surface area contributed by atoms with Gasteiger partial charge in [-0.15, -0.1) is 0 Å². The summed E-state index contributed by atoms with van der Waals surface area (Å²) < 4.78 is 4.67. The van der Waals surface area contributed by atoms with Crippen molar-refractivity contribution in [2.45, 2.75) is 32.7 Å². The average Bonchev–Trinajstić information content (AvgIpc) is 2.15. The Bertz CT molecular complexity index is 194. The van der Waals surface area contributed by atoms with E-state index in [4.69, 9.17) is 5.73 Å². The molecular formula is C9H18N2O3. The van der Waals surface area contributed by atoms with Gasteiger partial charge in [-0.25, -0.2) is 0 Å². The minimum absolute atomic E-state index is 0.0150. The van der Waals surface area contributed by atoms with Crippen LogP contribution in [0.4, 0.5) is 0 Å². The van der Waals surface area contributed by atoms with Crippen molar-refractivity contribution in [1.82, 2.24) is 5.32 Å². The number of esters is 1. The normalized spacial score (nSPS) is 11.9. The zero-order valence-electron chi connectivity index (χ0n) is 8.71. The lowest BCUT2D eigenvalue weighted by atomic mass is 10.2. The van der Waals surface area contributed by atoms with E-state index in [1.807, 2.05) is 6.92 Å². The summed E-state index contributed by atoms with van der Waals surface area (Å²) in [5.41, 5.74) is 5.44. The molecule has 0 aliphatic rings. The number of ether oxygens (including phenoxy) is 1. The van der Waals surface area contributed by atoms with Crippen LogP contribution in [0.2, 0.25) is 0 Å². The smallest absolute Gasteiger partial charge is 0.323 e. The van der Waals surface area contributed by atoms with Gasteiger partial charge in [-0.2, -0.15) is 0 Å². The number of nitrogens with two attached hydrogens (primary N) is 1. The summed E-state index contributed by atoms with van der Waals surface area (Å²) in [6.45, 7) is 4.53. The van der Waals surface area contributed by atoms with Crippen LogP contribution in [0.15, 0.2) is 0 Å². The highest BCUT2D eigenvalue weighted by Gasteiger charge is 2.17. The van der Waals surface area contributed by atoms with Crippen LogP contribution in [0.3, 0.4) is 0 Å². The van der Waals surface area contributed by atoms with E-state index in [0.717, 1.165) is 6.42 Å². The number of nitrogens with one attached hydrogen (secondary N) is 1. The van der Waals surface area contributed by atoms with Crippen molar-refractivity contribution in [3.05, 3.63) is 0 Å². The number of rotatable bonds is 6. The summed E-state index contributed by atoms with van der Waals surface area (Å²) >= 11 is 0. The van der Waals surface area contributed by atoms with Gasteiger partial charge in [0.25, 0.3) is 0 Å². The van der Waals surface area contributed by atoms with E-state index in [2.05, 4.69) is 10.1 Å². The van der Waals surface area contributed by atoms with E-state index in [9.17, 15) is 9.59 Å². The molecule has 0 heterocycles. The Kier molecular flexibility index (Phi) is 6.74. The first-order valence-corrected chi connectivity index (χ1v) is 4.80. The fraction of sp³-hybridized carbons (Fsp3) is 0.778. The van der Waals surface area contributed by atoms with Crippen LogP contribution in [0.5, 0.6) is 0 Å². The predicted octanol–water partition coefficient (Wildman–Crippen LogP) is -0.207. The van der Waals surface area contributed by atoms with E-state index < -0.39 is 12.0 Å². The second-order valence-corrected chi connectivity index (χ2v) is 2.91. The molecule has 0 aromatic heterocycles. The molecule has 3 N–H and O–H groups in total.